The maximum atomic E-state index is 13.7. The number of aromatic nitrogens is 1. The molecular weight excluding hydrogens is 334 g/mol. The van der Waals surface area contributed by atoms with Crippen LogP contribution in [-0.2, 0) is 0 Å². The zero-order chi connectivity index (χ0) is 13.8. The van der Waals surface area contributed by atoms with Crippen LogP contribution in [0.25, 0.3) is 0 Å². The van der Waals surface area contributed by atoms with Crippen molar-refractivity contribution in [2.45, 2.75) is 16.8 Å². The highest BCUT2D eigenvalue weighted by Gasteiger charge is 2.13. The summed E-state index contributed by atoms with van der Waals surface area (Å²) in [5.41, 5.74) is 0. The lowest BCUT2D eigenvalue weighted by molar-refractivity contribution is 0.551. The summed E-state index contributed by atoms with van der Waals surface area (Å²) in [6, 6.07) is 8.26. The van der Waals surface area contributed by atoms with E-state index in [2.05, 4.69) is 26.2 Å². The first-order chi connectivity index (χ1) is 9.11. The van der Waals surface area contributed by atoms with Crippen molar-refractivity contribution in [1.29, 1.82) is 0 Å². The molecular formula is C13H11BrF2N2S. The molecule has 0 saturated heterocycles. The third-order valence-corrected chi connectivity index (χ3v) is 4.29. The number of hydrogen-bond donors (Lipinski definition) is 1. The highest BCUT2D eigenvalue weighted by molar-refractivity contribution is 9.10. The van der Waals surface area contributed by atoms with Crippen molar-refractivity contribution >= 4 is 33.5 Å². The lowest BCUT2D eigenvalue weighted by Crippen LogP contribution is -2.04. The molecule has 0 amide bonds. The van der Waals surface area contributed by atoms with Crippen molar-refractivity contribution in [1.82, 2.24) is 4.98 Å². The molecule has 1 aromatic carbocycles. The van der Waals surface area contributed by atoms with Gasteiger partial charge in [-0.2, -0.15) is 0 Å². The van der Waals surface area contributed by atoms with Crippen LogP contribution in [0.4, 0.5) is 14.6 Å². The Morgan fingerprint density at radius 3 is 2.68 bits per heavy atom. The van der Waals surface area contributed by atoms with Gasteiger partial charge < -0.3 is 5.32 Å². The molecule has 19 heavy (non-hydrogen) atoms. The number of pyridine rings is 1. The van der Waals surface area contributed by atoms with E-state index in [-0.39, 0.29) is 10.8 Å². The summed E-state index contributed by atoms with van der Waals surface area (Å²) in [7, 11) is 0. The number of benzene rings is 1. The Hall–Kier alpha value is -1.14. The summed E-state index contributed by atoms with van der Waals surface area (Å²) in [4.78, 5) is 4.80. The molecule has 2 rings (SSSR count). The van der Waals surface area contributed by atoms with E-state index >= 15 is 0 Å². The fourth-order valence-corrected chi connectivity index (χ4v) is 2.79. The van der Waals surface area contributed by atoms with E-state index in [1.807, 2.05) is 31.2 Å². The van der Waals surface area contributed by atoms with Gasteiger partial charge in [-0.05, 0) is 35.0 Å². The molecule has 2 aromatic rings. The van der Waals surface area contributed by atoms with Crippen LogP contribution in [0.1, 0.15) is 6.92 Å². The van der Waals surface area contributed by atoms with Crippen LogP contribution < -0.4 is 5.32 Å². The summed E-state index contributed by atoms with van der Waals surface area (Å²) in [6.45, 7) is 2.35. The maximum Gasteiger partial charge on any atom is 0.168 e. The van der Waals surface area contributed by atoms with Gasteiger partial charge in [0.05, 0.1) is 0 Å². The van der Waals surface area contributed by atoms with Crippen molar-refractivity contribution in [3.05, 3.63) is 46.4 Å². The van der Waals surface area contributed by atoms with E-state index in [1.54, 1.807) is 0 Å². The smallest absolute Gasteiger partial charge is 0.168 e. The first-order valence-corrected chi connectivity index (χ1v) is 7.25. The van der Waals surface area contributed by atoms with Gasteiger partial charge in [-0.3, -0.25) is 0 Å². The van der Waals surface area contributed by atoms with Crippen molar-refractivity contribution < 1.29 is 8.78 Å². The van der Waals surface area contributed by atoms with Gasteiger partial charge in [0.15, 0.2) is 17.5 Å². The first-order valence-electron chi connectivity index (χ1n) is 5.64. The maximum absolute atomic E-state index is 13.7. The van der Waals surface area contributed by atoms with E-state index in [0.29, 0.717) is 6.54 Å². The topological polar surface area (TPSA) is 24.9 Å². The summed E-state index contributed by atoms with van der Waals surface area (Å²) >= 11 is 4.53. The van der Waals surface area contributed by atoms with E-state index in [1.165, 1.54) is 0 Å². The monoisotopic (exact) mass is 344 g/mol. The second-order valence-corrected chi connectivity index (χ2v) is 5.55. The van der Waals surface area contributed by atoms with Crippen molar-refractivity contribution in [2.75, 3.05) is 11.9 Å². The fraction of sp³-hybridized carbons (Fsp3) is 0.154. The molecule has 0 radical (unpaired) electrons. The largest absolute Gasteiger partial charge is 0.368 e. The van der Waals surface area contributed by atoms with Gasteiger partial charge in [0.25, 0.3) is 0 Å². The minimum atomic E-state index is -0.684. The number of nitrogens with one attached hydrogen (secondary N) is 1. The van der Waals surface area contributed by atoms with Crippen molar-refractivity contribution in [2.24, 2.45) is 0 Å². The Kier molecular flexibility index (Phi) is 4.76. The molecule has 0 atom stereocenters. The molecule has 0 aliphatic carbocycles. The van der Waals surface area contributed by atoms with Crippen LogP contribution in [-0.4, -0.2) is 11.5 Å². The van der Waals surface area contributed by atoms with Crippen LogP contribution >= 0.6 is 27.7 Å². The molecule has 0 unspecified atom stereocenters. The highest BCUT2D eigenvalue weighted by Crippen LogP contribution is 2.34. The van der Waals surface area contributed by atoms with E-state index in [9.17, 15) is 8.78 Å². The average molecular weight is 345 g/mol. The molecule has 0 spiro atoms. The molecule has 100 valence electrons. The first kappa shape index (κ1) is 14.3. The van der Waals surface area contributed by atoms with Crippen LogP contribution in [0.3, 0.4) is 0 Å². The molecule has 6 heteroatoms. The molecule has 0 fully saturated rings. The Bertz CT molecular complexity index is 593. The second-order valence-electron chi connectivity index (χ2n) is 3.67. The molecule has 1 N–H and O–H groups in total. The molecule has 0 aliphatic heterocycles. The van der Waals surface area contributed by atoms with Gasteiger partial charge in [-0.1, -0.05) is 23.9 Å². The van der Waals surface area contributed by atoms with E-state index in [0.717, 1.165) is 27.2 Å². The van der Waals surface area contributed by atoms with Gasteiger partial charge in [-0.15, -0.1) is 0 Å². The SMILES string of the molecule is CCNc1nc(Sc2ccccc2Br)c(F)cc1F. The Labute approximate surface area is 122 Å². The van der Waals surface area contributed by atoms with Gasteiger partial charge in [0.2, 0.25) is 0 Å². The van der Waals surface area contributed by atoms with Gasteiger partial charge in [0, 0.05) is 22.0 Å². The number of nitrogens with zero attached hydrogens (tertiary/aromatic N) is 1. The normalized spacial score (nSPS) is 10.5. The summed E-state index contributed by atoms with van der Waals surface area (Å²) in [6.07, 6.45) is 0. The number of anilines is 1. The van der Waals surface area contributed by atoms with E-state index in [4.69, 9.17) is 0 Å². The number of hydrogen-bond acceptors (Lipinski definition) is 3. The Morgan fingerprint density at radius 2 is 2.00 bits per heavy atom. The van der Waals surface area contributed by atoms with Crippen molar-refractivity contribution in [3.8, 4) is 0 Å². The van der Waals surface area contributed by atoms with Gasteiger partial charge in [0.1, 0.15) is 5.03 Å². The predicted octanol–water partition coefficient (Wildman–Crippen LogP) is 4.71. The number of halogens is 3. The lowest BCUT2D eigenvalue weighted by atomic mass is 10.4. The summed E-state index contributed by atoms with van der Waals surface area (Å²) in [5, 5.41) is 2.91. The average Bonchev–Trinajstić information content (AvgIpc) is 2.38. The van der Waals surface area contributed by atoms with Gasteiger partial charge >= 0.3 is 0 Å². The van der Waals surface area contributed by atoms with E-state index < -0.39 is 11.6 Å². The summed E-state index contributed by atoms with van der Waals surface area (Å²) < 4.78 is 28.0. The Balaban J connectivity index is 2.34. The summed E-state index contributed by atoms with van der Waals surface area (Å²) in [5.74, 6) is -1.28. The van der Waals surface area contributed by atoms with Crippen LogP contribution in [0.15, 0.2) is 44.7 Å². The fourth-order valence-electron chi connectivity index (χ4n) is 1.44. The quantitative estimate of drug-likeness (QED) is 0.869. The third kappa shape index (κ3) is 3.45. The zero-order valence-electron chi connectivity index (χ0n) is 10.1. The van der Waals surface area contributed by atoms with Crippen LogP contribution in [0.5, 0.6) is 0 Å². The highest BCUT2D eigenvalue weighted by atomic mass is 79.9. The van der Waals surface area contributed by atoms with Crippen molar-refractivity contribution in [3.63, 3.8) is 0 Å². The second kappa shape index (κ2) is 6.34. The van der Waals surface area contributed by atoms with Gasteiger partial charge in [-0.25, -0.2) is 13.8 Å². The Morgan fingerprint density at radius 1 is 1.26 bits per heavy atom. The zero-order valence-corrected chi connectivity index (χ0v) is 12.5. The molecule has 1 aromatic heterocycles. The third-order valence-electron chi connectivity index (χ3n) is 2.28. The molecule has 1 heterocycles. The predicted molar refractivity (Wildman–Crippen MR) is 76.6 cm³/mol. The molecule has 0 bridgehead atoms. The number of rotatable bonds is 4. The molecule has 0 saturated carbocycles. The molecule has 2 nitrogen and oxygen atoms in total. The standard InChI is InChI=1S/C13H11BrF2N2S/c1-2-17-12-9(15)7-10(16)13(18-12)19-11-6-4-3-5-8(11)14/h3-7H,2H2,1H3,(H,17,18). The van der Waals surface area contributed by atoms with Crippen LogP contribution in [0, 0.1) is 11.6 Å². The van der Waals surface area contributed by atoms with Crippen LogP contribution in [0.2, 0.25) is 0 Å². The molecule has 0 aliphatic rings. The minimum absolute atomic E-state index is 0.0680. The minimum Gasteiger partial charge on any atom is -0.368 e. The lowest BCUT2D eigenvalue weighted by Gasteiger charge is -2.08.